The molecule has 0 spiro atoms. The third-order valence-corrected chi connectivity index (χ3v) is 1.52. The van der Waals surface area contributed by atoms with E-state index >= 15 is 0 Å². The molecule has 1 aliphatic heterocycles. The molecular formula is C5H10O5. The van der Waals surface area contributed by atoms with Crippen molar-refractivity contribution >= 4 is 0 Å². The first-order chi connectivity index (χ1) is 4.66. The number of aliphatic hydroxyl groups is 4. The van der Waals surface area contributed by atoms with Gasteiger partial charge in [0.1, 0.15) is 18.3 Å². The molecule has 0 aliphatic carbocycles. The maximum Gasteiger partial charge on any atom is 0.184 e. The van der Waals surface area contributed by atoms with Crippen molar-refractivity contribution in [3.05, 3.63) is 0 Å². The van der Waals surface area contributed by atoms with Crippen LogP contribution in [0, 0.1) is 0 Å². The van der Waals surface area contributed by atoms with Crippen LogP contribution in [0.3, 0.4) is 0 Å². The summed E-state index contributed by atoms with van der Waals surface area (Å²) in [6, 6.07) is 0. The van der Waals surface area contributed by atoms with Gasteiger partial charge in [0.25, 0.3) is 0 Å². The second kappa shape index (κ2) is 2.81. The zero-order valence-corrected chi connectivity index (χ0v) is 5.21. The van der Waals surface area contributed by atoms with Crippen LogP contribution in [0.25, 0.3) is 0 Å². The molecule has 60 valence electrons. The Morgan fingerprint density at radius 3 is 1.90 bits per heavy atom. The average molecular weight is 150 g/mol. The van der Waals surface area contributed by atoms with E-state index in [0.29, 0.717) is 0 Å². The molecule has 1 rings (SSSR count). The van der Waals surface area contributed by atoms with Gasteiger partial charge in [-0.15, -0.1) is 0 Å². The number of hydrogen-bond donors (Lipinski definition) is 4. The number of ether oxygens (including phenoxy) is 1. The highest BCUT2D eigenvalue weighted by atomic mass is 16.6. The molecule has 0 amide bonds. The van der Waals surface area contributed by atoms with Crippen molar-refractivity contribution in [3.8, 4) is 0 Å². The van der Waals surface area contributed by atoms with E-state index in [1.165, 1.54) is 0 Å². The molecule has 1 heterocycles. The van der Waals surface area contributed by atoms with Gasteiger partial charge in [0, 0.05) is 0 Å². The summed E-state index contributed by atoms with van der Waals surface area (Å²) >= 11 is 0. The van der Waals surface area contributed by atoms with E-state index in [2.05, 4.69) is 4.74 Å². The van der Waals surface area contributed by atoms with E-state index in [1.807, 2.05) is 0 Å². The topological polar surface area (TPSA) is 90.2 Å². The number of rotatable bonds is 1. The minimum Gasteiger partial charge on any atom is -0.394 e. The number of hydrogen-bond acceptors (Lipinski definition) is 5. The molecule has 1 fully saturated rings. The third-order valence-electron chi connectivity index (χ3n) is 1.52. The lowest BCUT2D eigenvalue weighted by Crippen LogP contribution is -2.33. The molecule has 1 aliphatic rings. The van der Waals surface area contributed by atoms with E-state index in [1.54, 1.807) is 0 Å². The van der Waals surface area contributed by atoms with Gasteiger partial charge in [-0.3, -0.25) is 0 Å². The SMILES string of the molecule is OC[C@H]1O[C@H](O)[C@@H](O)[C@H]1O. The van der Waals surface area contributed by atoms with Gasteiger partial charge in [-0.25, -0.2) is 0 Å². The second-order valence-corrected chi connectivity index (χ2v) is 2.23. The van der Waals surface area contributed by atoms with Gasteiger partial charge < -0.3 is 25.2 Å². The lowest BCUT2D eigenvalue weighted by molar-refractivity contribution is -0.132. The molecule has 4 N–H and O–H groups in total. The fourth-order valence-electron chi connectivity index (χ4n) is 0.880. The molecule has 5 heteroatoms. The fraction of sp³-hybridized carbons (Fsp3) is 1.00. The largest absolute Gasteiger partial charge is 0.394 e. The smallest absolute Gasteiger partial charge is 0.184 e. The summed E-state index contributed by atoms with van der Waals surface area (Å²) < 4.78 is 4.54. The second-order valence-electron chi connectivity index (χ2n) is 2.23. The van der Waals surface area contributed by atoms with Gasteiger partial charge in [0.2, 0.25) is 0 Å². The fourth-order valence-corrected chi connectivity index (χ4v) is 0.880. The molecule has 10 heavy (non-hydrogen) atoms. The highest BCUT2D eigenvalue weighted by molar-refractivity contribution is 4.84. The van der Waals surface area contributed by atoms with Gasteiger partial charge in [0.05, 0.1) is 6.61 Å². The quantitative estimate of drug-likeness (QED) is 0.329. The van der Waals surface area contributed by atoms with E-state index in [9.17, 15) is 0 Å². The molecule has 5 nitrogen and oxygen atoms in total. The Labute approximate surface area is 57.5 Å². The van der Waals surface area contributed by atoms with Crippen LogP contribution in [0.4, 0.5) is 0 Å². The molecular weight excluding hydrogens is 140 g/mol. The Hall–Kier alpha value is -0.200. The zero-order chi connectivity index (χ0) is 7.72. The van der Waals surface area contributed by atoms with Crippen molar-refractivity contribution in [2.75, 3.05) is 6.61 Å². The summed E-state index contributed by atoms with van der Waals surface area (Å²) in [5, 5.41) is 35.0. The predicted molar refractivity (Wildman–Crippen MR) is 30.0 cm³/mol. The maximum atomic E-state index is 8.93. The van der Waals surface area contributed by atoms with Crippen molar-refractivity contribution in [1.29, 1.82) is 0 Å². The van der Waals surface area contributed by atoms with E-state index < -0.39 is 31.2 Å². The molecule has 0 saturated carbocycles. The Morgan fingerprint density at radius 2 is 1.70 bits per heavy atom. The molecule has 0 aromatic heterocycles. The summed E-state index contributed by atoms with van der Waals surface area (Å²) in [4.78, 5) is 0. The summed E-state index contributed by atoms with van der Waals surface area (Å²) in [5.74, 6) is 0. The summed E-state index contributed by atoms with van der Waals surface area (Å²) in [5.41, 5.74) is 0. The van der Waals surface area contributed by atoms with Gasteiger partial charge in [0.15, 0.2) is 6.29 Å². The van der Waals surface area contributed by atoms with Gasteiger partial charge in [-0.1, -0.05) is 0 Å². The molecule has 0 radical (unpaired) electrons. The molecule has 4 atom stereocenters. The van der Waals surface area contributed by atoms with Crippen LogP contribution < -0.4 is 0 Å². The minimum atomic E-state index is -1.38. The summed E-state index contributed by atoms with van der Waals surface area (Å²) in [7, 11) is 0. The first-order valence-corrected chi connectivity index (χ1v) is 2.97. The maximum absolute atomic E-state index is 8.93. The molecule has 1 saturated heterocycles. The predicted octanol–water partition coefficient (Wildman–Crippen LogP) is -2.58. The monoisotopic (exact) mass is 150 g/mol. The normalized spacial score (nSPS) is 48.0. The third kappa shape index (κ3) is 1.14. The van der Waals surface area contributed by atoms with E-state index in [4.69, 9.17) is 20.4 Å². The van der Waals surface area contributed by atoms with Crippen LogP contribution in [-0.2, 0) is 4.74 Å². The highest BCUT2D eigenvalue weighted by Gasteiger charge is 2.41. The standard InChI is InChI=1S/C5H10O5/c6-1-2-3(7)4(8)5(9)10-2/h2-9H,1H2/t2-,3+,4+,5+/m1/s1. The van der Waals surface area contributed by atoms with E-state index in [-0.39, 0.29) is 0 Å². The van der Waals surface area contributed by atoms with Gasteiger partial charge in [-0.05, 0) is 0 Å². The van der Waals surface area contributed by atoms with Crippen molar-refractivity contribution in [1.82, 2.24) is 0 Å². The van der Waals surface area contributed by atoms with Crippen molar-refractivity contribution in [2.45, 2.75) is 24.6 Å². The molecule has 0 aromatic carbocycles. The summed E-state index contributed by atoms with van der Waals surface area (Å²) in [6.45, 7) is -0.407. The van der Waals surface area contributed by atoms with Crippen molar-refractivity contribution < 1.29 is 25.2 Å². The summed E-state index contributed by atoms with van der Waals surface area (Å²) in [6.07, 6.45) is -4.76. The van der Waals surface area contributed by atoms with Crippen LogP contribution in [0.15, 0.2) is 0 Å². The average Bonchev–Trinajstić information content (AvgIpc) is 2.17. The van der Waals surface area contributed by atoms with Gasteiger partial charge in [-0.2, -0.15) is 0 Å². The van der Waals surface area contributed by atoms with Crippen LogP contribution in [0.5, 0.6) is 0 Å². The lowest BCUT2D eigenvalue weighted by atomic mass is 10.1. The van der Waals surface area contributed by atoms with E-state index in [0.717, 1.165) is 0 Å². The Balaban J connectivity index is 2.53. The van der Waals surface area contributed by atoms with Crippen LogP contribution >= 0.6 is 0 Å². The zero-order valence-electron chi connectivity index (χ0n) is 5.21. The van der Waals surface area contributed by atoms with Crippen molar-refractivity contribution in [3.63, 3.8) is 0 Å². The van der Waals surface area contributed by atoms with Crippen LogP contribution in [0.1, 0.15) is 0 Å². The van der Waals surface area contributed by atoms with Crippen LogP contribution in [0.2, 0.25) is 0 Å². The van der Waals surface area contributed by atoms with Crippen LogP contribution in [-0.4, -0.2) is 51.6 Å². The van der Waals surface area contributed by atoms with Crippen molar-refractivity contribution in [2.24, 2.45) is 0 Å². The first-order valence-electron chi connectivity index (χ1n) is 2.97. The first kappa shape index (κ1) is 7.90. The molecule has 0 unspecified atom stereocenters. The Morgan fingerprint density at radius 1 is 1.10 bits per heavy atom. The lowest BCUT2D eigenvalue weighted by Gasteiger charge is -2.09. The molecule has 0 bridgehead atoms. The minimum absolute atomic E-state index is 0.407. The Bertz CT molecular complexity index is 117. The van der Waals surface area contributed by atoms with Gasteiger partial charge >= 0.3 is 0 Å². The highest BCUT2D eigenvalue weighted by Crippen LogP contribution is 2.18. The molecule has 0 aromatic rings. The Kier molecular flexibility index (Phi) is 2.22. The number of aliphatic hydroxyl groups excluding tert-OH is 4.